The number of amides is 6. The molecule has 4 saturated heterocycles. The number of benzene rings is 4. The second-order valence-electron chi connectivity index (χ2n) is 32.3. The van der Waals surface area contributed by atoms with Gasteiger partial charge in [-0.2, -0.15) is 15.3 Å². The fraction of sp³-hybridized carbons (Fsp3) is 0.323. The van der Waals surface area contributed by atoms with Crippen molar-refractivity contribution in [3.63, 3.8) is 0 Å². The monoisotopic (exact) mass is 1670 g/mol. The summed E-state index contributed by atoms with van der Waals surface area (Å²) in [5, 5.41) is 39.4. The van der Waals surface area contributed by atoms with E-state index in [2.05, 4.69) is 120 Å². The number of carbonyl (C=O) groups is 6. The largest absolute Gasteiger partial charge is 0.341 e. The lowest BCUT2D eigenvalue weighted by molar-refractivity contribution is -0.135. The molecule has 18 rings (SSSR count). The number of aromatic amines is 3. The number of thiazole rings is 2. The molecule has 122 heavy (non-hydrogen) atoms. The van der Waals surface area contributed by atoms with Gasteiger partial charge in [0.25, 0.3) is 0 Å². The third-order valence-electron chi connectivity index (χ3n) is 24.3. The number of allylic oxidation sites excluding steroid dienone is 5. The standard InChI is InChI=1S/C33H36N6O2.C30H30FN7O2S.C30H27FN6O2S/c1-3-13-33(14-18-38(22-33)21-30(40)39-16-11-25(12-17-39)24-6-4-5-7-24)32(41)35-27-8-9-29-28(20-27)31(37-36-29)26-10-15-34-23(2)19-26;1-3-29(7-12-37(19-29)18-25(39)38-13-8-30(31,9-14-38)28-33-11-15-41-28)27(40)34-22-4-5-24-23(17-22)26(36-35-24)21-6-10-32-20(2)16-21;1-2-30(11-15-36(19-30)18-26(38)37-13-9-21(10-14-37)28-32-12-16-40-28)29(39)33-23-7-8-25-24(17-23)27(35-34-25)20-3-5-22(31)6-4-20/h3-4,6-11,15,19-20H,1,5,12-14,16-18,21-22H2,2H3,(H,35,41)(H,36,37);1,4-6,10-11,15-17H,7-9,12-14,18-19H2,2H3,(H,34,40)(H,35,36);1,3-9,12,16-17H,10-11,13-15,18-19H2,(H,33,39)(H,34,35). The smallest absolute Gasteiger partial charge is 0.244 e. The van der Waals surface area contributed by atoms with Gasteiger partial charge in [-0.25, -0.2) is 18.7 Å². The van der Waals surface area contributed by atoms with Gasteiger partial charge in [0.15, 0.2) is 5.67 Å². The molecule has 0 spiro atoms. The van der Waals surface area contributed by atoms with E-state index in [9.17, 15) is 33.2 Å². The second kappa shape index (κ2) is 35.9. The number of anilines is 3. The quantitative estimate of drug-likeness (QED) is 0.0305. The Morgan fingerprint density at radius 3 is 1.47 bits per heavy atom. The number of hydrogen-bond donors (Lipinski definition) is 6. The highest BCUT2D eigenvalue weighted by molar-refractivity contribution is 7.10. The number of hydrogen-bond acceptors (Lipinski definition) is 18. The minimum Gasteiger partial charge on any atom is -0.341 e. The van der Waals surface area contributed by atoms with Gasteiger partial charge in [0.05, 0.1) is 47.3 Å². The third-order valence-corrected chi connectivity index (χ3v) is 26.1. The molecule has 6 amide bonds. The van der Waals surface area contributed by atoms with Crippen LogP contribution in [0.1, 0.15) is 79.2 Å². The predicted octanol–water partition coefficient (Wildman–Crippen LogP) is 13.7. The Balaban J connectivity index is 0.000000136. The first-order valence-corrected chi connectivity index (χ1v) is 42.7. The summed E-state index contributed by atoms with van der Waals surface area (Å²) in [7, 11) is 0. The molecule has 25 nitrogen and oxygen atoms in total. The van der Waals surface area contributed by atoms with E-state index in [1.165, 1.54) is 40.2 Å². The number of aryl methyl sites for hydroxylation is 2. The molecule has 622 valence electrons. The number of halogens is 2. The van der Waals surface area contributed by atoms with E-state index in [0.717, 1.165) is 109 Å². The summed E-state index contributed by atoms with van der Waals surface area (Å²) in [6, 6.07) is 30.7. The van der Waals surface area contributed by atoms with Crippen LogP contribution in [0.15, 0.2) is 193 Å². The zero-order valence-corrected chi connectivity index (χ0v) is 69.5. The van der Waals surface area contributed by atoms with Crippen LogP contribution in [0.5, 0.6) is 0 Å². The molecule has 6 N–H and O–H groups in total. The van der Waals surface area contributed by atoms with Crippen molar-refractivity contribution in [2.75, 3.05) is 114 Å². The van der Waals surface area contributed by atoms with Crippen molar-refractivity contribution in [1.29, 1.82) is 0 Å². The molecule has 4 fully saturated rings. The molecule has 13 heterocycles. The minimum absolute atomic E-state index is 0.0291. The topological polar surface area (TPSA) is 296 Å². The molecule has 1 aliphatic carbocycles. The molecule has 6 aliphatic heterocycles. The number of likely N-dealkylation sites (tertiary alicyclic amines) is 4. The lowest BCUT2D eigenvalue weighted by atomic mass is 9.82. The van der Waals surface area contributed by atoms with Crippen LogP contribution in [0, 0.1) is 60.6 Å². The number of terminal acetylenes is 2. The summed E-state index contributed by atoms with van der Waals surface area (Å²) in [4.78, 5) is 109. The summed E-state index contributed by atoms with van der Waals surface area (Å²) < 4.78 is 28.7. The Hall–Kier alpha value is -12.8. The Morgan fingerprint density at radius 2 is 1.01 bits per heavy atom. The van der Waals surface area contributed by atoms with Crippen molar-refractivity contribution < 1.29 is 37.5 Å². The van der Waals surface area contributed by atoms with Gasteiger partial charge in [0.2, 0.25) is 35.4 Å². The first-order chi connectivity index (χ1) is 59.2. The van der Waals surface area contributed by atoms with Gasteiger partial charge in [0, 0.05) is 182 Å². The van der Waals surface area contributed by atoms with Crippen molar-refractivity contribution in [2.24, 2.45) is 16.2 Å². The summed E-state index contributed by atoms with van der Waals surface area (Å²) in [5.74, 6) is 4.61. The highest BCUT2D eigenvalue weighted by Crippen LogP contribution is 2.42. The van der Waals surface area contributed by atoms with Crippen molar-refractivity contribution >= 4 is 113 Å². The van der Waals surface area contributed by atoms with Gasteiger partial charge in [-0.3, -0.25) is 68.7 Å². The molecule has 29 heteroatoms. The average Bonchev–Trinajstić information content (AvgIpc) is 1.63. The highest BCUT2D eigenvalue weighted by atomic mass is 32.1. The van der Waals surface area contributed by atoms with Crippen molar-refractivity contribution in [2.45, 2.75) is 77.3 Å². The number of carbonyl (C=O) groups excluding carboxylic acids is 6. The predicted molar refractivity (Wildman–Crippen MR) is 472 cm³/mol. The van der Waals surface area contributed by atoms with Crippen LogP contribution in [-0.4, -0.2) is 214 Å². The van der Waals surface area contributed by atoms with E-state index in [-0.39, 0.29) is 73.7 Å². The maximum absolute atomic E-state index is 15.3. The van der Waals surface area contributed by atoms with Gasteiger partial charge in [-0.1, -0.05) is 48.3 Å². The normalized spacial score (nSPS) is 20.3. The van der Waals surface area contributed by atoms with Crippen molar-refractivity contribution in [3.05, 3.63) is 220 Å². The Labute approximate surface area is 713 Å². The van der Waals surface area contributed by atoms with Gasteiger partial charge in [-0.15, -0.1) is 42.1 Å². The molecule has 0 saturated carbocycles. The maximum atomic E-state index is 15.3. The Morgan fingerprint density at radius 1 is 0.525 bits per heavy atom. The fourth-order valence-corrected chi connectivity index (χ4v) is 18.8. The number of pyridine rings is 2. The SMILES string of the molecule is C#CC1(C(=O)Nc2ccc3[nH]nc(-c4ccc(F)cc4)c3c2)CCN(CC(=O)N2CC=C(c3nccs3)CC2)C1.C#CC1(C(=O)Nc2ccc3[nH]nc(-c4ccnc(C)c4)c3c2)CCN(CC(=O)N2CCC(F)(c3nccs3)CC2)C1.C=CCC1(C(=O)Nc2ccc3[nH]nc(-c4ccnc(C)c4)c3c2)CCN(CC(=O)N2CC=C(C3=CCC=C3)CC2)C1. The molecule has 7 aliphatic rings. The third kappa shape index (κ3) is 18.0. The fourth-order valence-electron chi connectivity index (χ4n) is 17.3. The number of alkyl halides is 1. The van der Waals surface area contributed by atoms with Crippen molar-refractivity contribution in [1.82, 2.24) is 79.9 Å². The maximum Gasteiger partial charge on any atom is 0.244 e. The van der Waals surface area contributed by atoms with Crippen LogP contribution < -0.4 is 16.0 Å². The average molecular weight is 1680 g/mol. The van der Waals surface area contributed by atoms with Gasteiger partial charge < -0.3 is 30.7 Å². The summed E-state index contributed by atoms with van der Waals surface area (Å²) in [5.41, 5.74) is 10.8. The number of fused-ring (bicyclic) bond motifs is 3. The number of rotatable bonds is 20. The number of H-pyrrole nitrogens is 3. The second-order valence-corrected chi connectivity index (χ2v) is 34.1. The molecular weight excluding hydrogens is 1580 g/mol. The van der Waals surface area contributed by atoms with Gasteiger partial charge >= 0.3 is 0 Å². The number of piperidine rings is 1. The van der Waals surface area contributed by atoms with E-state index >= 15 is 4.39 Å². The van der Waals surface area contributed by atoms with Gasteiger partial charge in [0.1, 0.15) is 38.1 Å². The molecule has 3 unspecified atom stereocenters. The minimum atomic E-state index is -1.48. The summed E-state index contributed by atoms with van der Waals surface area (Å²) >= 11 is 2.92. The van der Waals surface area contributed by atoms with Gasteiger partial charge in [-0.05, 0) is 185 Å². The molecule has 3 atom stereocenters. The Bertz CT molecular complexity index is 6030. The van der Waals surface area contributed by atoms with Crippen LogP contribution in [-0.2, 0) is 34.4 Å². The molecule has 11 aromatic rings. The number of aromatic nitrogens is 10. The Kier molecular flexibility index (Phi) is 24.4. The van der Waals surface area contributed by atoms with Crippen LogP contribution in [0.3, 0.4) is 0 Å². The zero-order chi connectivity index (χ0) is 84.7. The molecule has 4 aromatic carbocycles. The first-order valence-electron chi connectivity index (χ1n) is 41.0. The number of nitrogens with zero attached hydrogens (tertiary/aromatic N) is 13. The van der Waals surface area contributed by atoms with Crippen LogP contribution >= 0.6 is 22.7 Å². The van der Waals surface area contributed by atoms with E-state index in [0.29, 0.717) is 120 Å². The highest BCUT2D eigenvalue weighted by Gasteiger charge is 2.48. The molecule has 0 radical (unpaired) electrons. The molecular formula is C93H93F2N19O6S2. The van der Waals surface area contributed by atoms with E-state index in [4.69, 9.17) is 12.8 Å². The number of nitrogens with one attached hydrogen (secondary N) is 6. The summed E-state index contributed by atoms with van der Waals surface area (Å²) in [6.07, 6.45) is 36.7. The van der Waals surface area contributed by atoms with Crippen molar-refractivity contribution in [3.8, 4) is 58.5 Å². The van der Waals surface area contributed by atoms with Crippen LogP contribution in [0.2, 0.25) is 0 Å². The van der Waals surface area contributed by atoms with E-state index < -0.39 is 21.9 Å². The zero-order valence-electron chi connectivity index (χ0n) is 67.9. The lowest BCUT2D eigenvalue weighted by Crippen LogP contribution is -2.47. The first kappa shape index (κ1) is 82.9. The van der Waals surface area contributed by atoms with E-state index in [1.54, 1.807) is 64.6 Å². The molecule has 7 aromatic heterocycles. The van der Waals surface area contributed by atoms with Crippen LogP contribution in [0.4, 0.5) is 25.8 Å². The lowest BCUT2D eigenvalue weighted by Gasteiger charge is -2.36. The molecule has 0 bridgehead atoms. The summed E-state index contributed by atoms with van der Waals surface area (Å²) in [6.45, 7) is 14.6. The van der Waals surface area contributed by atoms with Crippen LogP contribution in [0.25, 0.3) is 72.1 Å². The van der Waals surface area contributed by atoms with E-state index in [1.807, 2.05) is 118 Å².